The van der Waals surface area contributed by atoms with Gasteiger partial charge in [-0.2, -0.15) is 0 Å². The minimum Gasteiger partial charge on any atom is -0.354 e. The van der Waals surface area contributed by atoms with Crippen molar-refractivity contribution in [3.8, 4) is 0 Å². The van der Waals surface area contributed by atoms with Crippen LogP contribution in [0.5, 0.6) is 0 Å². The van der Waals surface area contributed by atoms with Crippen LogP contribution in [0, 0.1) is 0 Å². The van der Waals surface area contributed by atoms with Gasteiger partial charge in [0.05, 0.1) is 5.41 Å². The Morgan fingerprint density at radius 2 is 1.94 bits per heavy atom. The number of benzene rings is 1. The molecule has 2 rings (SSSR count). The quantitative estimate of drug-likeness (QED) is 0.725. The second-order valence-corrected chi connectivity index (χ2v) is 4.31. The maximum atomic E-state index is 12.1. The fraction of sp³-hybridized carbons (Fsp3) is 0.462. The first kappa shape index (κ1) is 11.1. The molecule has 0 heterocycles. The average molecular weight is 218 g/mol. The number of rotatable bonds is 5. The fourth-order valence-electron chi connectivity index (χ4n) is 2.00. The van der Waals surface area contributed by atoms with Gasteiger partial charge in [0.2, 0.25) is 5.91 Å². The van der Waals surface area contributed by atoms with Gasteiger partial charge in [0.25, 0.3) is 0 Å². The summed E-state index contributed by atoms with van der Waals surface area (Å²) >= 11 is 0. The van der Waals surface area contributed by atoms with Gasteiger partial charge < -0.3 is 10.6 Å². The van der Waals surface area contributed by atoms with Crippen LogP contribution in [0.25, 0.3) is 0 Å². The van der Waals surface area contributed by atoms with Crippen LogP contribution in [-0.4, -0.2) is 26.0 Å². The van der Waals surface area contributed by atoms with Crippen LogP contribution in [0.15, 0.2) is 30.3 Å². The Kier molecular flexibility index (Phi) is 3.25. The molecule has 1 aliphatic carbocycles. The van der Waals surface area contributed by atoms with E-state index in [-0.39, 0.29) is 11.3 Å². The number of hydrogen-bond donors (Lipinski definition) is 2. The number of likely N-dealkylation sites (N-methyl/N-ethyl adjacent to an activating group) is 1. The van der Waals surface area contributed by atoms with Crippen molar-refractivity contribution in [3.05, 3.63) is 35.9 Å². The molecule has 1 fully saturated rings. The van der Waals surface area contributed by atoms with E-state index in [0.29, 0.717) is 6.54 Å². The molecule has 1 aromatic carbocycles. The van der Waals surface area contributed by atoms with E-state index >= 15 is 0 Å². The molecule has 2 N–H and O–H groups in total. The summed E-state index contributed by atoms with van der Waals surface area (Å²) in [5, 5.41) is 6.00. The van der Waals surface area contributed by atoms with E-state index in [1.165, 1.54) is 0 Å². The highest BCUT2D eigenvalue weighted by Gasteiger charge is 2.50. The lowest BCUT2D eigenvalue weighted by Crippen LogP contribution is -2.38. The summed E-state index contributed by atoms with van der Waals surface area (Å²) in [6, 6.07) is 10.1. The Balaban J connectivity index is 2.00. The number of amides is 1. The minimum absolute atomic E-state index is 0.175. The van der Waals surface area contributed by atoms with Crippen LogP contribution < -0.4 is 10.6 Å². The smallest absolute Gasteiger partial charge is 0.230 e. The van der Waals surface area contributed by atoms with Gasteiger partial charge in [-0.05, 0) is 25.5 Å². The Labute approximate surface area is 96.2 Å². The van der Waals surface area contributed by atoms with Gasteiger partial charge in [0.1, 0.15) is 0 Å². The van der Waals surface area contributed by atoms with Crippen molar-refractivity contribution in [2.24, 2.45) is 0 Å². The van der Waals surface area contributed by atoms with E-state index < -0.39 is 0 Å². The molecule has 3 nitrogen and oxygen atoms in total. The Morgan fingerprint density at radius 1 is 1.25 bits per heavy atom. The molecule has 0 unspecified atom stereocenters. The van der Waals surface area contributed by atoms with Gasteiger partial charge in [0.15, 0.2) is 0 Å². The fourth-order valence-corrected chi connectivity index (χ4v) is 2.00. The van der Waals surface area contributed by atoms with E-state index in [1.807, 2.05) is 37.4 Å². The lowest BCUT2D eigenvalue weighted by molar-refractivity contribution is -0.123. The van der Waals surface area contributed by atoms with Crippen LogP contribution in [0.1, 0.15) is 18.4 Å². The van der Waals surface area contributed by atoms with E-state index in [9.17, 15) is 4.79 Å². The highest BCUT2D eigenvalue weighted by Crippen LogP contribution is 2.48. The molecule has 0 atom stereocenters. The molecule has 0 bridgehead atoms. The largest absolute Gasteiger partial charge is 0.354 e. The summed E-state index contributed by atoms with van der Waals surface area (Å²) in [6.07, 6.45) is 1.95. The van der Waals surface area contributed by atoms with E-state index in [0.717, 1.165) is 24.9 Å². The van der Waals surface area contributed by atoms with Crippen molar-refractivity contribution in [2.75, 3.05) is 20.1 Å². The molecule has 0 saturated heterocycles. The normalized spacial score (nSPS) is 16.8. The molecule has 0 aliphatic heterocycles. The molecular formula is C13H18N2O. The number of carbonyl (C=O) groups is 1. The van der Waals surface area contributed by atoms with Gasteiger partial charge in [-0.3, -0.25) is 4.79 Å². The van der Waals surface area contributed by atoms with Crippen molar-refractivity contribution in [2.45, 2.75) is 18.3 Å². The van der Waals surface area contributed by atoms with Gasteiger partial charge in [-0.1, -0.05) is 30.3 Å². The second-order valence-electron chi connectivity index (χ2n) is 4.31. The zero-order valence-corrected chi connectivity index (χ0v) is 9.62. The molecule has 1 amide bonds. The summed E-state index contributed by atoms with van der Waals surface area (Å²) in [4.78, 5) is 12.1. The molecule has 0 radical (unpaired) electrons. The summed E-state index contributed by atoms with van der Waals surface area (Å²) in [7, 11) is 1.89. The standard InChI is InChI=1S/C13H18N2O/c1-14-9-10-15-12(16)13(7-8-13)11-5-3-2-4-6-11/h2-6,14H,7-10H2,1H3,(H,15,16). The summed E-state index contributed by atoms with van der Waals surface area (Å²) in [5.41, 5.74) is 0.923. The SMILES string of the molecule is CNCCNC(=O)C1(c2ccccc2)CC1. The molecule has 1 saturated carbocycles. The maximum absolute atomic E-state index is 12.1. The number of hydrogen-bond acceptors (Lipinski definition) is 2. The molecule has 1 aromatic rings. The van der Waals surface area contributed by atoms with E-state index in [4.69, 9.17) is 0 Å². The lowest BCUT2D eigenvalue weighted by Gasteiger charge is -2.15. The Hall–Kier alpha value is -1.35. The van der Waals surface area contributed by atoms with Crippen molar-refractivity contribution >= 4 is 5.91 Å². The van der Waals surface area contributed by atoms with Crippen molar-refractivity contribution in [3.63, 3.8) is 0 Å². The van der Waals surface area contributed by atoms with Crippen molar-refractivity contribution in [1.82, 2.24) is 10.6 Å². The molecule has 3 heteroatoms. The van der Waals surface area contributed by atoms with E-state index in [2.05, 4.69) is 10.6 Å². The first-order valence-electron chi connectivity index (χ1n) is 5.78. The predicted octanol–water partition coefficient (Wildman–Crippen LogP) is 1.05. The Morgan fingerprint density at radius 3 is 2.50 bits per heavy atom. The molecular weight excluding hydrogens is 200 g/mol. The summed E-state index contributed by atoms with van der Waals surface area (Å²) < 4.78 is 0. The zero-order chi connectivity index (χ0) is 11.4. The van der Waals surface area contributed by atoms with Crippen molar-refractivity contribution < 1.29 is 4.79 Å². The lowest BCUT2D eigenvalue weighted by atomic mass is 9.95. The highest BCUT2D eigenvalue weighted by atomic mass is 16.2. The minimum atomic E-state index is -0.227. The second kappa shape index (κ2) is 4.66. The number of carbonyl (C=O) groups excluding carboxylic acids is 1. The van der Waals surface area contributed by atoms with Crippen LogP contribution in [0.3, 0.4) is 0 Å². The zero-order valence-electron chi connectivity index (χ0n) is 9.62. The predicted molar refractivity (Wildman–Crippen MR) is 64.3 cm³/mol. The first-order chi connectivity index (χ1) is 7.79. The molecule has 16 heavy (non-hydrogen) atoms. The molecule has 0 aromatic heterocycles. The topological polar surface area (TPSA) is 41.1 Å². The van der Waals surface area contributed by atoms with Crippen LogP contribution in [0.2, 0.25) is 0 Å². The molecule has 1 aliphatic rings. The average Bonchev–Trinajstić information content (AvgIpc) is 3.12. The van der Waals surface area contributed by atoms with Crippen LogP contribution >= 0.6 is 0 Å². The third-order valence-electron chi connectivity index (χ3n) is 3.17. The summed E-state index contributed by atoms with van der Waals surface area (Å²) in [5.74, 6) is 0.175. The number of nitrogens with one attached hydrogen (secondary N) is 2. The first-order valence-corrected chi connectivity index (χ1v) is 5.78. The highest BCUT2D eigenvalue weighted by molar-refractivity contribution is 5.91. The van der Waals surface area contributed by atoms with E-state index in [1.54, 1.807) is 0 Å². The van der Waals surface area contributed by atoms with Crippen LogP contribution in [-0.2, 0) is 10.2 Å². The van der Waals surface area contributed by atoms with Crippen LogP contribution in [0.4, 0.5) is 0 Å². The maximum Gasteiger partial charge on any atom is 0.230 e. The Bertz CT molecular complexity index is 357. The van der Waals surface area contributed by atoms with Gasteiger partial charge in [-0.15, -0.1) is 0 Å². The monoisotopic (exact) mass is 218 g/mol. The molecule has 0 spiro atoms. The third kappa shape index (κ3) is 2.09. The van der Waals surface area contributed by atoms with Crippen molar-refractivity contribution in [1.29, 1.82) is 0 Å². The third-order valence-corrected chi connectivity index (χ3v) is 3.17. The summed E-state index contributed by atoms with van der Waals surface area (Å²) in [6.45, 7) is 1.51. The van der Waals surface area contributed by atoms with Gasteiger partial charge in [-0.25, -0.2) is 0 Å². The molecule has 86 valence electrons. The van der Waals surface area contributed by atoms with Gasteiger partial charge >= 0.3 is 0 Å². The van der Waals surface area contributed by atoms with Gasteiger partial charge in [0, 0.05) is 13.1 Å².